The highest BCUT2D eigenvalue weighted by Crippen LogP contribution is 2.22. The Morgan fingerprint density at radius 1 is 1.13 bits per heavy atom. The smallest absolute Gasteiger partial charge is 0.00388 e. The van der Waals surface area contributed by atoms with E-state index in [2.05, 4.69) is 19.2 Å². The number of rotatable bonds is 7. The number of nitrogens with one attached hydrogen (secondary N) is 1. The third-order valence-corrected chi connectivity index (χ3v) is 3.72. The van der Waals surface area contributed by atoms with Crippen LogP contribution in [0.4, 0.5) is 0 Å². The average Bonchev–Trinajstić information content (AvgIpc) is 2.28. The van der Waals surface area contributed by atoms with Gasteiger partial charge in [0.15, 0.2) is 0 Å². The molecule has 0 saturated heterocycles. The predicted octanol–water partition coefficient (Wildman–Crippen LogP) is 4.13. The van der Waals surface area contributed by atoms with Crippen molar-refractivity contribution in [2.24, 2.45) is 5.92 Å². The molecule has 1 fully saturated rings. The highest BCUT2D eigenvalue weighted by atomic mass is 14.9. The van der Waals surface area contributed by atoms with Crippen LogP contribution < -0.4 is 5.32 Å². The number of hydrogen-bond donors (Lipinski definition) is 1. The molecule has 1 aliphatic rings. The van der Waals surface area contributed by atoms with Gasteiger partial charge in [0.2, 0.25) is 0 Å². The first kappa shape index (κ1) is 13.0. The molecule has 0 bridgehead atoms. The van der Waals surface area contributed by atoms with Crippen LogP contribution in [0.25, 0.3) is 0 Å². The second-order valence-corrected chi connectivity index (χ2v) is 5.31. The van der Waals surface area contributed by atoms with Crippen LogP contribution >= 0.6 is 0 Å². The van der Waals surface area contributed by atoms with Gasteiger partial charge in [-0.1, -0.05) is 45.4 Å². The lowest BCUT2D eigenvalue weighted by Crippen LogP contribution is -2.31. The van der Waals surface area contributed by atoms with Gasteiger partial charge < -0.3 is 5.32 Å². The zero-order chi connectivity index (χ0) is 10.9. The van der Waals surface area contributed by atoms with Gasteiger partial charge in [0.1, 0.15) is 0 Å². The Morgan fingerprint density at radius 3 is 2.53 bits per heavy atom. The minimum atomic E-state index is 0.735. The van der Waals surface area contributed by atoms with Crippen LogP contribution in [-0.2, 0) is 0 Å². The Bertz CT molecular complexity index is 138. The molecule has 15 heavy (non-hydrogen) atoms. The SMILES string of the molecule is CCCCCC(C)NCC1CCCCC1. The average molecular weight is 211 g/mol. The molecule has 0 spiro atoms. The van der Waals surface area contributed by atoms with Gasteiger partial charge in [-0.05, 0) is 38.6 Å². The minimum Gasteiger partial charge on any atom is -0.314 e. The first-order valence-electron chi connectivity index (χ1n) is 7.06. The molecular weight excluding hydrogens is 182 g/mol. The van der Waals surface area contributed by atoms with E-state index < -0.39 is 0 Å². The van der Waals surface area contributed by atoms with Gasteiger partial charge in [0.05, 0.1) is 0 Å². The molecule has 0 aromatic rings. The van der Waals surface area contributed by atoms with Crippen molar-refractivity contribution in [3.05, 3.63) is 0 Å². The lowest BCUT2D eigenvalue weighted by molar-refractivity contribution is 0.325. The van der Waals surface area contributed by atoms with Crippen molar-refractivity contribution in [2.45, 2.75) is 77.7 Å². The highest BCUT2D eigenvalue weighted by molar-refractivity contribution is 4.70. The summed E-state index contributed by atoms with van der Waals surface area (Å²) in [6, 6.07) is 0.735. The van der Waals surface area contributed by atoms with Crippen LogP contribution in [0.15, 0.2) is 0 Å². The summed E-state index contributed by atoms with van der Waals surface area (Å²) in [7, 11) is 0. The van der Waals surface area contributed by atoms with Crippen LogP contribution in [0, 0.1) is 5.92 Å². The monoisotopic (exact) mass is 211 g/mol. The molecule has 1 aliphatic carbocycles. The topological polar surface area (TPSA) is 12.0 Å². The van der Waals surface area contributed by atoms with Gasteiger partial charge in [-0.15, -0.1) is 0 Å². The largest absolute Gasteiger partial charge is 0.314 e. The maximum atomic E-state index is 3.71. The summed E-state index contributed by atoms with van der Waals surface area (Å²) in [5.41, 5.74) is 0. The van der Waals surface area contributed by atoms with Crippen LogP contribution in [0.2, 0.25) is 0 Å². The van der Waals surface area contributed by atoms with E-state index in [0.29, 0.717) is 0 Å². The molecule has 0 aliphatic heterocycles. The Kier molecular flexibility index (Phi) is 7.08. The molecule has 0 heterocycles. The number of hydrogen-bond acceptors (Lipinski definition) is 1. The Hall–Kier alpha value is -0.0400. The fourth-order valence-electron chi connectivity index (χ4n) is 2.56. The van der Waals surface area contributed by atoms with Crippen molar-refractivity contribution < 1.29 is 0 Å². The molecular formula is C14H29N. The molecule has 90 valence electrons. The van der Waals surface area contributed by atoms with Gasteiger partial charge in [0, 0.05) is 6.04 Å². The summed E-state index contributed by atoms with van der Waals surface area (Å²) in [6.07, 6.45) is 12.8. The molecule has 0 amide bonds. The maximum Gasteiger partial charge on any atom is 0.00388 e. The Morgan fingerprint density at radius 2 is 1.87 bits per heavy atom. The summed E-state index contributed by atoms with van der Waals surface area (Å²) in [5, 5.41) is 3.71. The summed E-state index contributed by atoms with van der Waals surface area (Å²) in [5.74, 6) is 0.979. The fourth-order valence-corrected chi connectivity index (χ4v) is 2.56. The van der Waals surface area contributed by atoms with Crippen molar-refractivity contribution in [3.63, 3.8) is 0 Å². The van der Waals surface area contributed by atoms with E-state index in [1.165, 1.54) is 64.3 Å². The summed E-state index contributed by atoms with van der Waals surface area (Å²) < 4.78 is 0. The second-order valence-electron chi connectivity index (χ2n) is 5.31. The molecule has 1 N–H and O–H groups in total. The van der Waals surface area contributed by atoms with Gasteiger partial charge in [-0.25, -0.2) is 0 Å². The van der Waals surface area contributed by atoms with Crippen molar-refractivity contribution in [1.29, 1.82) is 0 Å². The lowest BCUT2D eigenvalue weighted by Gasteiger charge is -2.24. The van der Waals surface area contributed by atoms with Gasteiger partial charge in [0.25, 0.3) is 0 Å². The summed E-state index contributed by atoms with van der Waals surface area (Å²) >= 11 is 0. The van der Waals surface area contributed by atoms with E-state index in [1.54, 1.807) is 0 Å². The Balaban J connectivity index is 1.97. The third kappa shape index (κ3) is 6.19. The predicted molar refractivity (Wildman–Crippen MR) is 68.2 cm³/mol. The first-order valence-corrected chi connectivity index (χ1v) is 7.06. The lowest BCUT2D eigenvalue weighted by atomic mass is 9.89. The van der Waals surface area contributed by atoms with E-state index in [9.17, 15) is 0 Å². The summed E-state index contributed by atoms with van der Waals surface area (Å²) in [6.45, 7) is 5.89. The van der Waals surface area contributed by atoms with Gasteiger partial charge >= 0.3 is 0 Å². The van der Waals surface area contributed by atoms with E-state index in [1.807, 2.05) is 0 Å². The van der Waals surface area contributed by atoms with Crippen molar-refractivity contribution >= 4 is 0 Å². The summed E-state index contributed by atoms with van der Waals surface area (Å²) in [4.78, 5) is 0. The molecule has 1 rings (SSSR count). The van der Waals surface area contributed by atoms with E-state index in [4.69, 9.17) is 0 Å². The number of unbranched alkanes of at least 4 members (excludes halogenated alkanes) is 2. The zero-order valence-corrected chi connectivity index (χ0v) is 10.7. The van der Waals surface area contributed by atoms with Crippen molar-refractivity contribution in [3.8, 4) is 0 Å². The fraction of sp³-hybridized carbons (Fsp3) is 1.00. The van der Waals surface area contributed by atoms with Crippen LogP contribution in [0.1, 0.15) is 71.6 Å². The van der Waals surface area contributed by atoms with Crippen molar-refractivity contribution in [2.75, 3.05) is 6.54 Å². The maximum absolute atomic E-state index is 3.71. The Labute approximate surface area is 96.0 Å². The van der Waals surface area contributed by atoms with Crippen LogP contribution in [0.5, 0.6) is 0 Å². The zero-order valence-electron chi connectivity index (χ0n) is 10.7. The van der Waals surface area contributed by atoms with Crippen molar-refractivity contribution in [1.82, 2.24) is 5.32 Å². The molecule has 0 aromatic carbocycles. The minimum absolute atomic E-state index is 0.735. The normalized spacial score (nSPS) is 20.4. The molecule has 1 nitrogen and oxygen atoms in total. The van der Waals surface area contributed by atoms with Crippen LogP contribution in [0.3, 0.4) is 0 Å². The van der Waals surface area contributed by atoms with E-state index >= 15 is 0 Å². The van der Waals surface area contributed by atoms with Gasteiger partial charge in [-0.3, -0.25) is 0 Å². The first-order chi connectivity index (χ1) is 7.33. The molecule has 1 atom stereocenters. The molecule has 1 saturated carbocycles. The third-order valence-electron chi connectivity index (χ3n) is 3.72. The van der Waals surface area contributed by atoms with Gasteiger partial charge in [-0.2, -0.15) is 0 Å². The quantitative estimate of drug-likeness (QED) is 0.624. The molecule has 1 unspecified atom stereocenters. The molecule has 0 aromatic heterocycles. The standard InChI is InChI=1S/C14H29N/c1-3-4-6-9-13(2)15-12-14-10-7-5-8-11-14/h13-15H,3-12H2,1-2H3. The molecule has 0 radical (unpaired) electrons. The second kappa shape index (κ2) is 8.15. The van der Waals surface area contributed by atoms with E-state index in [-0.39, 0.29) is 0 Å². The van der Waals surface area contributed by atoms with Crippen LogP contribution in [-0.4, -0.2) is 12.6 Å². The highest BCUT2D eigenvalue weighted by Gasteiger charge is 2.13. The molecule has 1 heteroatoms. The van der Waals surface area contributed by atoms with E-state index in [0.717, 1.165) is 12.0 Å².